The maximum atomic E-state index is 11.5. The van der Waals surface area contributed by atoms with E-state index >= 15 is 0 Å². The van der Waals surface area contributed by atoms with E-state index in [0.717, 1.165) is 10.6 Å². The van der Waals surface area contributed by atoms with Gasteiger partial charge in [-0.1, -0.05) is 23.9 Å². The van der Waals surface area contributed by atoms with Crippen LogP contribution in [0.2, 0.25) is 0 Å². The quantitative estimate of drug-likeness (QED) is 0.648. The summed E-state index contributed by atoms with van der Waals surface area (Å²) < 4.78 is 1.18. The van der Waals surface area contributed by atoms with Crippen LogP contribution in [0.4, 0.5) is 0 Å². The maximum Gasteiger partial charge on any atom is 0.335 e. The molecule has 0 atom stereocenters. The number of benzene rings is 2. The predicted molar refractivity (Wildman–Crippen MR) is 81.6 cm³/mol. The van der Waals surface area contributed by atoms with E-state index in [4.69, 9.17) is 5.11 Å². The third-order valence-electron chi connectivity index (χ3n) is 2.50. The van der Waals surface area contributed by atoms with Crippen molar-refractivity contribution in [2.24, 2.45) is 0 Å². The number of rotatable bonds is 4. The van der Waals surface area contributed by atoms with Crippen LogP contribution in [0.15, 0.2) is 47.4 Å². The van der Waals surface area contributed by atoms with Gasteiger partial charge in [0.2, 0.25) is 0 Å². The SMILES string of the molecule is O=C(O)c1ccc(SCc2ccc(I)cc2)cc1[O-]. The molecule has 0 saturated heterocycles. The molecule has 0 amide bonds. The molecule has 0 radical (unpaired) electrons. The van der Waals surface area contributed by atoms with Crippen LogP contribution in [-0.2, 0) is 5.75 Å². The lowest BCUT2D eigenvalue weighted by atomic mass is 10.2. The van der Waals surface area contributed by atoms with Crippen molar-refractivity contribution < 1.29 is 15.0 Å². The lowest BCUT2D eigenvalue weighted by Gasteiger charge is -2.11. The fourth-order valence-electron chi connectivity index (χ4n) is 1.52. The number of carboxylic acids is 1. The molecule has 98 valence electrons. The highest BCUT2D eigenvalue weighted by molar-refractivity contribution is 14.1. The second kappa shape index (κ2) is 6.29. The van der Waals surface area contributed by atoms with Gasteiger partial charge in [0.05, 0.1) is 5.56 Å². The van der Waals surface area contributed by atoms with Gasteiger partial charge in [-0.2, -0.15) is 0 Å². The van der Waals surface area contributed by atoms with Crippen LogP contribution in [0.3, 0.4) is 0 Å². The molecule has 2 aromatic rings. The molecule has 0 bridgehead atoms. The molecular weight excluding hydrogens is 375 g/mol. The average Bonchev–Trinajstić information content (AvgIpc) is 2.37. The summed E-state index contributed by atoms with van der Waals surface area (Å²) in [6.07, 6.45) is 0. The van der Waals surface area contributed by atoms with Gasteiger partial charge in [-0.25, -0.2) is 4.79 Å². The van der Waals surface area contributed by atoms with Gasteiger partial charge < -0.3 is 10.2 Å². The molecular formula is C14H10IO3S-. The topological polar surface area (TPSA) is 60.4 Å². The van der Waals surface area contributed by atoms with Gasteiger partial charge in [-0.15, -0.1) is 11.8 Å². The Bertz CT molecular complexity index is 596. The van der Waals surface area contributed by atoms with Crippen molar-refractivity contribution in [3.05, 3.63) is 57.2 Å². The molecule has 0 aliphatic heterocycles. The van der Waals surface area contributed by atoms with Crippen LogP contribution < -0.4 is 5.11 Å². The summed E-state index contributed by atoms with van der Waals surface area (Å²) in [5.74, 6) is -0.873. The summed E-state index contributed by atoms with van der Waals surface area (Å²) in [4.78, 5) is 11.5. The van der Waals surface area contributed by atoms with Gasteiger partial charge in [-0.05, 0) is 52.4 Å². The maximum absolute atomic E-state index is 11.5. The number of aromatic carboxylic acids is 1. The van der Waals surface area contributed by atoms with Crippen molar-refractivity contribution >= 4 is 40.3 Å². The molecule has 3 nitrogen and oxygen atoms in total. The van der Waals surface area contributed by atoms with Crippen molar-refractivity contribution in [2.75, 3.05) is 0 Å². The summed E-state index contributed by atoms with van der Waals surface area (Å²) in [6.45, 7) is 0. The molecule has 0 fully saturated rings. The van der Waals surface area contributed by atoms with Gasteiger partial charge in [0.15, 0.2) is 0 Å². The molecule has 1 N–H and O–H groups in total. The first kappa shape index (κ1) is 14.2. The zero-order valence-electron chi connectivity index (χ0n) is 9.80. The van der Waals surface area contributed by atoms with E-state index in [1.54, 1.807) is 6.07 Å². The van der Waals surface area contributed by atoms with Gasteiger partial charge in [0.25, 0.3) is 0 Å². The fraction of sp³-hybridized carbons (Fsp3) is 0.0714. The van der Waals surface area contributed by atoms with E-state index in [0.29, 0.717) is 0 Å². The van der Waals surface area contributed by atoms with E-state index < -0.39 is 11.7 Å². The van der Waals surface area contributed by atoms with Crippen LogP contribution in [0.5, 0.6) is 5.75 Å². The number of carbonyl (C=O) groups is 1. The normalized spacial score (nSPS) is 10.4. The van der Waals surface area contributed by atoms with Gasteiger partial charge >= 0.3 is 5.97 Å². The number of hydrogen-bond acceptors (Lipinski definition) is 3. The van der Waals surface area contributed by atoms with Crippen molar-refractivity contribution in [3.63, 3.8) is 0 Å². The number of thioether (sulfide) groups is 1. The molecule has 2 rings (SSSR count). The van der Waals surface area contributed by atoms with E-state index in [2.05, 4.69) is 22.6 Å². The lowest BCUT2D eigenvalue weighted by molar-refractivity contribution is -0.269. The highest BCUT2D eigenvalue weighted by Gasteiger charge is 2.04. The van der Waals surface area contributed by atoms with Crippen LogP contribution in [-0.4, -0.2) is 11.1 Å². The zero-order valence-corrected chi connectivity index (χ0v) is 12.8. The van der Waals surface area contributed by atoms with E-state index in [9.17, 15) is 9.90 Å². The van der Waals surface area contributed by atoms with E-state index in [-0.39, 0.29) is 5.56 Å². The second-order valence-electron chi connectivity index (χ2n) is 3.88. The molecule has 0 heterocycles. The minimum absolute atomic E-state index is 0.182. The summed E-state index contributed by atoms with van der Waals surface area (Å²) in [5.41, 5.74) is 0.985. The van der Waals surface area contributed by atoms with Crippen molar-refractivity contribution in [1.82, 2.24) is 0 Å². The van der Waals surface area contributed by atoms with E-state index in [1.807, 2.05) is 24.3 Å². The first-order chi connectivity index (χ1) is 9.06. The minimum Gasteiger partial charge on any atom is -0.872 e. The molecule has 0 unspecified atom stereocenters. The Morgan fingerprint density at radius 1 is 1.21 bits per heavy atom. The van der Waals surface area contributed by atoms with Gasteiger partial charge in [0.1, 0.15) is 0 Å². The Labute approximate surface area is 128 Å². The molecule has 0 spiro atoms. The summed E-state index contributed by atoms with van der Waals surface area (Å²) in [5, 5.41) is 20.3. The third kappa shape index (κ3) is 3.87. The Kier molecular flexibility index (Phi) is 4.71. The minimum atomic E-state index is -1.18. The van der Waals surface area contributed by atoms with Crippen LogP contribution in [0.1, 0.15) is 15.9 Å². The Morgan fingerprint density at radius 3 is 2.47 bits per heavy atom. The Balaban J connectivity index is 2.06. The zero-order chi connectivity index (χ0) is 13.8. The fourth-order valence-corrected chi connectivity index (χ4v) is 2.76. The lowest BCUT2D eigenvalue weighted by Crippen LogP contribution is -2.03. The van der Waals surface area contributed by atoms with Crippen molar-refractivity contribution in [2.45, 2.75) is 10.6 Å². The Hall–Kier alpha value is -1.21. The molecule has 0 aliphatic carbocycles. The number of hydrogen-bond donors (Lipinski definition) is 1. The molecule has 0 saturated carbocycles. The second-order valence-corrected chi connectivity index (χ2v) is 6.17. The van der Waals surface area contributed by atoms with Crippen molar-refractivity contribution in [1.29, 1.82) is 0 Å². The average molecular weight is 385 g/mol. The molecule has 0 aliphatic rings. The van der Waals surface area contributed by atoms with Crippen LogP contribution in [0, 0.1) is 3.57 Å². The van der Waals surface area contributed by atoms with Crippen LogP contribution in [0.25, 0.3) is 0 Å². The monoisotopic (exact) mass is 385 g/mol. The number of carboxylic acid groups (broad SMARTS) is 1. The summed E-state index contributed by atoms with van der Waals surface area (Å²) in [7, 11) is 0. The van der Waals surface area contributed by atoms with Gasteiger partial charge in [0, 0.05) is 14.2 Å². The highest BCUT2D eigenvalue weighted by atomic mass is 127. The van der Waals surface area contributed by atoms with E-state index in [1.165, 1.54) is 33.0 Å². The summed E-state index contributed by atoms with van der Waals surface area (Å²) >= 11 is 3.77. The first-order valence-electron chi connectivity index (χ1n) is 5.48. The number of halogens is 1. The van der Waals surface area contributed by atoms with Gasteiger partial charge in [-0.3, -0.25) is 0 Å². The standard InChI is InChI=1S/C14H11IO3S/c15-10-3-1-9(2-4-10)8-19-11-5-6-12(14(17)18)13(16)7-11/h1-7,16H,8H2,(H,17,18)/p-1. The summed E-state index contributed by atoms with van der Waals surface area (Å²) in [6, 6.07) is 12.5. The predicted octanol–water partition coefficient (Wildman–Crippen LogP) is 3.36. The molecule has 5 heteroatoms. The third-order valence-corrected chi connectivity index (χ3v) is 4.29. The molecule has 19 heavy (non-hydrogen) atoms. The highest BCUT2D eigenvalue weighted by Crippen LogP contribution is 2.27. The first-order valence-corrected chi connectivity index (χ1v) is 7.54. The van der Waals surface area contributed by atoms with Crippen molar-refractivity contribution in [3.8, 4) is 5.75 Å². The Morgan fingerprint density at radius 2 is 1.89 bits per heavy atom. The largest absolute Gasteiger partial charge is 0.872 e. The van der Waals surface area contributed by atoms with Crippen LogP contribution >= 0.6 is 34.4 Å². The smallest absolute Gasteiger partial charge is 0.335 e. The molecule has 0 aromatic heterocycles. The molecule has 2 aromatic carbocycles.